The van der Waals surface area contributed by atoms with Gasteiger partial charge in [-0.1, -0.05) is 13.0 Å². The summed E-state index contributed by atoms with van der Waals surface area (Å²) in [6.07, 6.45) is 2.90. The quantitative estimate of drug-likeness (QED) is 0.926. The average molecular weight is 296 g/mol. The highest BCUT2D eigenvalue weighted by Crippen LogP contribution is 2.36. The molecule has 5 heteroatoms. The third-order valence-electron chi connectivity index (χ3n) is 4.48. The first-order valence-corrected chi connectivity index (χ1v) is 8.43. The Bertz CT molecular complexity index is 408. The van der Waals surface area contributed by atoms with Crippen molar-refractivity contribution in [2.24, 2.45) is 5.73 Å². The minimum absolute atomic E-state index is 0.188. The van der Waals surface area contributed by atoms with Crippen LogP contribution in [0.5, 0.6) is 0 Å². The lowest BCUT2D eigenvalue weighted by Gasteiger charge is -2.42. The fraction of sp³-hybridized carbons (Fsp3) is 0.733. The number of hydrogen-bond donors (Lipinski definition) is 1. The molecular formula is C15H24N2O2S. The van der Waals surface area contributed by atoms with Gasteiger partial charge >= 0.3 is 0 Å². The lowest BCUT2D eigenvalue weighted by molar-refractivity contribution is -0.188. The molecule has 2 aliphatic rings. The Morgan fingerprint density at radius 1 is 1.35 bits per heavy atom. The van der Waals surface area contributed by atoms with Gasteiger partial charge in [0.2, 0.25) is 0 Å². The largest absolute Gasteiger partial charge is 0.347 e. The van der Waals surface area contributed by atoms with Gasteiger partial charge in [-0.25, -0.2) is 0 Å². The van der Waals surface area contributed by atoms with E-state index >= 15 is 0 Å². The molecule has 0 aromatic carbocycles. The highest BCUT2D eigenvalue weighted by atomic mass is 32.1. The molecule has 2 fully saturated rings. The number of nitrogens with two attached hydrogens (primary N) is 1. The van der Waals surface area contributed by atoms with Gasteiger partial charge in [0, 0.05) is 36.9 Å². The van der Waals surface area contributed by atoms with Crippen LogP contribution in [0.25, 0.3) is 0 Å². The predicted molar refractivity (Wildman–Crippen MR) is 80.8 cm³/mol. The van der Waals surface area contributed by atoms with Gasteiger partial charge in [0.1, 0.15) is 0 Å². The minimum atomic E-state index is -0.299. The second kappa shape index (κ2) is 6.12. The standard InChI is InChI=1S/C15H24N2O2S/c1-2-12(16)14(13-4-3-11-20-13)17-7-5-15(6-8-17)18-9-10-19-15/h3-4,11-12,14H,2,5-10,16H2,1H3. The van der Waals surface area contributed by atoms with Gasteiger partial charge in [0.05, 0.1) is 19.3 Å². The number of likely N-dealkylation sites (tertiary alicyclic amines) is 1. The second-order valence-corrected chi connectivity index (χ2v) is 6.66. The van der Waals surface area contributed by atoms with Crippen molar-refractivity contribution in [1.29, 1.82) is 0 Å². The summed E-state index contributed by atoms with van der Waals surface area (Å²) in [4.78, 5) is 3.89. The minimum Gasteiger partial charge on any atom is -0.347 e. The Morgan fingerprint density at radius 3 is 2.60 bits per heavy atom. The van der Waals surface area contributed by atoms with Crippen LogP contribution in [0.15, 0.2) is 17.5 Å². The molecule has 0 bridgehead atoms. The number of piperidine rings is 1. The Kier molecular flexibility index (Phi) is 4.43. The topological polar surface area (TPSA) is 47.7 Å². The molecular weight excluding hydrogens is 272 g/mol. The molecule has 0 saturated carbocycles. The van der Waals surface area contributed by atoms with Crippen molar-refractivity contribution >= 4 is 11.3 Å². The smallest absolute Gasteiger partial charge is 0.170 e. The summed E-state index contributed by atoms with van der Waals surface area (Å²) >= 11 is 1.81. The summed E-state index contributed by atoms with van der Waals surface area (Å²) < 4.78 is 11.6. The first kappa shape index (κ1) is 14.5. The zero-order valence-electron chi connectivity index (χ0n) is 12.1. The summed E-state index contributed by atoms with van der Waals surface area (Å²) in [6, 6.07) is 4.84. The molecule has 2 N–H and O–H groups in total. The highest BCUT2D eigenvalue weighted by Gasteiger charge is 2.42. The summed E-state index contributed by atoms with van der Waals surface area (Å²) in [7, 11) is 0. The second-order valence-electron chi connectivity index (χ2n) is 5.68. The summed E-state index contributed by atoms with van der Waals surface area (Å²) in [5, 5.41) is 2.14. The molecule has 2 saturated heterocycles. The monoisotopic (exact) mass is 296 g/mol. The van der Waals surface area contributed by atoms with Crippen LogP contribution >= 0.6 is 11.3 Å². The molecule has 3 heterocycles. The number of hydrogen-bond acceptors (Lipinski definition) is 5. The third-order valence-corrected chi connectivity index (χ3v) is 5.42. The van der Waals surface area contributed by atoms with E-state index in [9.17, 15) is 0 Å². The van der Waals surface area contributed by atoms with Crippen molar-refractivity contribution in [3.63, 3.8) is 0 Å². The Labute approximate surface area is 124 Å². The summed E-state index contributed by atoms with van der Waals surface area (Å²) in [5.74, 6) is -0.299. The van der Waals surface area contributed by atoms with Crippen molar-refractivity contribution in [3.05, 3.63) is 22.4 Å². The van der Waals surface area contributed by atoms with E-state index in [2.05, 4.69) is 29.3 Å². The van der Waals surface area contributed by atoms with Gasteiger partial charge in [-0.2, -0.15) is 0 Å². The lowest BCUT2D eigenvalue weighted by atomic mass is 9.97. The van der Waals surface area contributed by atoms with E-state index in [1.165, 1.54) is 4.88 Å². The van der Waals surface area contributed by atoms with Crippen molar-refractivity contribution < 1.29 is 9.47 Å². The van der Waals surface area contributed by atoms with Crippen LogP contribution in [0.3, 0.4) is 0 Å². The van der Waals surface area contributed by atoms with E-state index in [1.54, 1.807) is 0 Å². The van der Waals surface area contributed by atoms with E-state index in [1.807, 2.05) is 11.3 Å². The van der Waals surface area contributed by atoms with Crippen LogP contribution in [-0.2, 0) is 9.47 Å². The Morgan fingerprint density at radius 2 is 2.05 bits per heavy atom. The van der Waals surface area contributed by atoms with Gasteiger partial charge in [-0.15, -0.1) is 11.3 Å². The molecule has 112 valence electrons. The number of nitrogens with zero attached hydrogens (tertiary/aromatic N) is 1. The maximum absolute atomic E-state index is 6.39. The molecule has 0 amide bonds. The molecule has 2 atom stereocenters. The van der Waals surface area contributed by atoms with Crippen LogP contribution in [0.1, 0.15) is 37.1 Å². The van der Waals surface area contributed by atoms with E-state index in [0.717, 1.165) is 45.6 Å². The number of ether oxygens (including phenoxy) is 2. The molecule has 3 rings (SSSR count). The van der Waals surface area contributed by atoms with E-state index in [4.69, 9.17) is 15.2 Å². The predicted octanol–water partition coefficient (Wildman–Crippen LogP) is 2.37. The Hall–Kier alpha value is -0.460. The van der Waals surface area contributed by atoms with Gasteiger partial charge in [-0.3, -0.25) is 4.90 Å². The summed E-state index contributed by atoms with van der Waals surface area (Å²) in [5.41, 5.74) is 6.39. The van der Waals surface area contributed by atoms with Crippen molar-refractivity contribution in [2.75, 3.05) is 26.3 Å². The van der Waals surface area contributed by atoms with Crippen LogP contribution in [0.2, 0.25) is 0 Å². The zero-order valence-corrected chi connectivity index (χ0v) is 12.9. The molecule has 2 aliphatic heterocycles. The molecule has 1 aromatic rings. The molecule has 2 unspecified atom stereocenters. The highest BCUT2D eigenvalue weighted by molar-refractivity contribution is 7.10. The maximum atomic E-state index is 6.39. The molecule has 0 aliphatic carbocycles. The van der Waals surface area contributed by atoms with Crippen molar-refractivity contribution in [3.8, 4) is 0 Å². The van der Waals surface area contributed by atoms with Crippen LogP contribution in [-0.4, -0.2) is 43.0 Å². The number of thiophene rings is 1. The van der Waals surface area contributed by atoms with Crippen LogP contribution in [0.4, 0.5) is 0 Å². The maximum Gasteiger partial charge on any atom is 0.170 e. The van der Waals surface area contributed by atoms with E-state index in [-0.39, 0.29) is 11.8 Å². The van der Waals surface area contributed by atoms with E-state index in [0.29, 0.717) is 6.04 Å². The number of rotatable bonds is 4. The van der Waals surface area contributed by atoms with E-state index < -0.39 is 0 Å². The van der Waals surface area contributed by atoms with Crippen molar-refractivity contribution in [2.45, 2.75) is 44.1 Å². The third kappa shape index (κ3) is 2.78. The first-order valence-electron chi connectivity index (χ1n) is 7.55. The zero-order chi connectivity index (χ0) is 14.0. The normalized spacial score (nSPS) is 25.9. The van der Waals surface area contributed by atoms with Gasteiger partial charge in [0.15, 0.2) is 5.79 Å². The van der Waals surface area contributed by atoms with Crippen LogP contribution in [0, 0.1) is 0 Å². The molecule has 1 spiro atoms. The average Bonchev–Trinajstić information content (AvgIpc) is 3.14. The van der Waals surface area contributed by atoms with Crippen LogP contribution < -0.4 is 5.73 Å². The van der Waals surface area contributed by atoms with Gasteiger partial charge in [0.25, 0.3) is 0 Å². The first-order chi connectivity index (χ1) is 9.74. The fourth-order valence-corrected chi connectivity index (χ4v) is 4.21. The SMILES string of the molecule is CCC(N)C(c1cccs1)N1CCC2(CC1)OCCO2. The lowest BCUT2D eigenvalue weighted by Crippen LogP contribution is -2.49. The molecule has 20 heavy (non-hydrogen) atoms. The van der Waals surface area contributed by atoms with Gasteiger partial charge < -0.3 is 15.2 Å². The fourth-order valence-electron chi connectivity index (χ4n) is 3.27. The molecule has 1 aromatic heterocycles. The molecule has 4 nitrogen and oxygen atoms in total. The van der Waals surface area contributed by atoms with Crippen molar-refractivity contribution in [1.82, 2.24) is 4.90 Å². The van der Waals surface area contributed by atoms with Gasteiger partial charge in [-0.05, 0) is 17.9 Å². The summed E-state index contributed by atoms with van der Waals surface area (Å²) in [6.45, 7) is 5.64. The molecule has 0 radical (unpaired) electrons. The Balaban J connectivity index is 1.70.